The smallest absolute Gasteiger partial charge is 0.226 e. The second kappa shape index (κ2) is 7.78. The molecule has 0 atom stereocenters. The number of likely N-dealkylation sites (tertiary alicyclic amines) is 1. The van der Waals surface area contributed by atoms with Crippen molar-refractivity contribution in [3.05, 3.63) is 53.4 Å². The van der Waals surface area contributed by atoms with Gasteiger partial charge in [-0.05, 0) is 37.5 Å². The molecular formula is C19H24FN3O2. The van der Waals surface area contributed by atoms with Crippen LogP contribution in [0.5, 0.6) is 0 Å². The van der Waals surface area contributed by atoms with Crippen LogP contribution in [0, 0.1) is 12.7 Å². The average molecular weight is 345 g/mol. The molecule has 0 bridgehead atoms. The zero-order chi connectivity index (χ0) is 17.8. The zero-order valence-corrected chi connectivity index (χ0v) is 14.5. The van der Waals surface area contributed by atoms with Crippen LogP contribution in [-0.2, 0) is 17.8 Å². The van der Waals surface area contributed by atoms with E-state index in [9.17, 15) is 14.3 Å². The number of aryl methyl sites for hydroxylation is 1. The van der Waals surface area contributed by atoms with Crippen molar-refractivity contribution < 1.29 is 14.3 Å². The number of nitrogens with zero attached hydrogens (tertiary/aromatic N) is 3. The lowest BCUT2D eigenvalue weighted by molar-refractivity contribution is -0.131. The first-order valence-corrected chi connectivity index (χ1v) is 8.73. The molecule has 0 saturated carbocycles. The second-order valence-electron chi connectivity index (χ2n) is 6.59. The van der Waals surface area contributed by atoms with Crippen LogP contribution in [0.1, 0.15) is 35.8 Å². The highest BCUT2D eigenvalue weighted by atomic mass is 19.1. The van der Waals surface area contributed by atoms with Crippen molar-refractivity contribution in [1.29, 1.82) is 0 Å². The van der Waals surface area contributed by atoms with Gasteiger partial charge in [0.1, 0.15) is 11.6 Å². The largest absolute Gasteiger partial charge is 0.395 e. The number of hydrogen-bond acceptors (Lipinski definition) is 3. The molecule has 0 unspecified atom stereocenters. The number of aliphatic hydroxyl groups excluding tert-OH is 1. The summed E-state index contributed by atoms with van der Waals surface area (Å²) in [6.07, 6.45) is 3.79. The second-order valence-corrected chi connectivity index (χ2v) is 6.59. The van der Waals surface area contributed by atoms with Crippen molar-refractivity contribution in [2.45, 2.75) is 38.6 Å². The molecule has 1 aliphatic heterocycles. The van der Waals surface area contributed by atoms with Crippen LogP contribution >= 0.6 is 0 Å². The highest BCUT2D eigenvalue weighted by molar-refractivity contribution is 5.78. The van der Waals surface area contributed by atoms with Gasteiger partial charge in [0.2, 0.25) is 5.91 Å². The molecule has 134 valence electrons. The number of hydrogen-bond donors (Lipinski definition) is 1. The topological polar surface area (TPSA) is 58.4 Å². The Labute approximate surface area is 147 Å². The summed E-state index contributed by atoms with van der Waals surface area (Å²) in [5.41, 5.74) is 1.76. The lowest BCUT2D eigenvalue weighted by atomic mass is 9.95. The molecule has 1 amide bonds. The Hall–Kier alpha value is -2.21. The number of aliphatic hydroxyl groups is 1. The minimum absolute atomic E-state index is 0.0407. The Kier molecular flexibility index (Phi) is 5.48. The highest BCUT2D eigenvalue weighted by Crippen LogP contribution is 2.28. The first-order chi connectivity index (χ1) is 12.1. The van der Waals surface area contributed by atoms with Crippen molar-refractivity contribution in [2.24, 2.45) is 0 Å². The van der Waals surface area contributed by atoms with Gasteiger partial charge in [0.05, 0.1) is 13.0 Å². The Morgan fingerprint density at radius 1 is 1.36 bits per heavy atom. The molecule has 1 saturated heterocycles. The van der Waals surface area contributed by atoms with Crippen LogP contribution in [0.2, 0.25) is 0 Å². The van der Waals surface area contributed by atoms with Crippen molar-refractivity contribution in [2.75, 3.05) is 19.7 Å². The van der Waals surface area contributed by atoms with E-state index in [2.05, 4.69) is 9.55 Å². The third-order valence-electron chi connectivity index (χ3n) is 4.87. The number of halogens is 1. The Morgan fingerprint density at radius 3 is 2.80 bits per heavy atom. The van der Waals surface area contributed by atoms with Gasteiger partial charge in [-0.15, -0.1) is 0 Å². The number of carbonyl (C=O) groups excluding carboxylic acids is 1. The van der Waals surface area contributed by atoms with Gasteiger partial charge < -0.3 is 14.6 Å². The fraction of sp³-hybridized carbons (Fsp3) is 0.474. The molecule has 6 heteroatoms. The quantitative estimate of drug-likeness (QED) is 0.904. The Balaban J connectivity index is 1.59. The minimum atomic E-state index is -0.310. The third-order valence-corrected chi connectivity index (χ3v) is 4.87. The summed E-state index contributed by atoms with van der Waals surface area (Å²) in [6, 6.07) is 6.21. The number of amides is 1. The molecule has 2 heterocycles. The maximum absolute atomic E-state index is 13.2. The van der Waals surface area contributed by atoms with Crippen LogP contribution in [0.4, 0.5) is 4.39 Å². The molecule has 5 nitrogen and oxygen atoms in total. The van der Waals surface area contributed by atoms with Crippen LogP contribution in [0.3, 0.4) is 0 Å². The van der Waals surface area contributed by atoms with E-state index < -0.39 is 0 Å². The van der Waals surface area contributed by atoms with E-state index >= 15 is 0 Å². The Bertz CT molecular complexity index is 736. The summed E-state index contributed by atoms with van der Waals surface area (Å²) < 4.78 is 15.3. The van der Waals surface area contributed by atoms with E-state index in [4.69, 9.17) is 0 Å². The summed E-state index contributed by atoms with van der Waals surface area (Å²) in [5.74, 6) is 1.04. The molecule has 2 aromatic rings. The lowest BCUT2D eigenvalue weighted by Crippen LogP contribution is -2.39. The number of imidazole rings is 1. The van der Waals surface area contributed by atoms with Gasteiger partial charge in [-0.25, -0.2) is 9.37 Å². The monoisotopic (exact) mass is 345 g/mol. The van der Waals surface area contributed by atoms with Gasteiger partial charge in [0.15, 0.2) is 0 Å². The van der Waals surface area contributed by atoms with Gasteiger partial charge >= 0.3 is 0 Å². The fourth-order valence-corrected chi connectivity index (χ4v) is 3.52. The predicted molar refractivity (Wildman–Crippen MR) is 92.7 cm³/mol. The van der Waals surface area contributed by atoms with Crippen molar-refractivity contribution in [3.63, 3.8) is 0 Å². The predicted octanol–water partition coefficient (Wildman–Crippen LogP) is 2.27. The first kappa shape index (κ1) is 17.6. The molecule has 1 fully saturated rings. The molecule has 1 N–H and O–H groups in total. The summed E-state index contributed by atoms with van der Waals surface area (Å²) in [4.78, 5) is 18.8. The van der Waals surface area contributed by atoms with Crippen LogP contribution in [-0.4, -0.2) is 45.2 Å². The fourth-order valence-electron chi connectivity index (χ4n) is 3.52. The van der Waals surface area contributed by atoms with E-state index in [1.54, 1.807) is 12.1 Å². The first-order valence-electron chi connectivity index (χ1n) is 8.73. The number of benzene rings is 1. The van der Waals surface area contributed by atoms with E-state index in [1.807, 2.05) is 18.0 Å². The normalized spacial score (nSPS) is 15.6. The average Bonchev–Trinajstić information content (AvgIpc) is 2.96. The number of rotatable bonds is 5. The summed E-state index contributed by atoms with van der Waals surface area (Å²) in [7, 11) is 0. The maximum atomic E-state index is 13.2. The SMILES string of the molecule is Cc1cnc(C2CCN(C(=O)Cc3cccc(F)c3)CC2)n1CCO. The molecular weight excluding hydrogens is 321 g/mol. The molecule has 3 rings (SSSR count). The highest BCUT2D eigenvalue weighted by Gasteiger charge is 2.26. The van der Waals surface area contributed by atoms with Gasteiger partial charge in [-0.2, -0.15) is 0 Å². The van der Waals surface area contributed by atoms with Crippen molar-refractivity contribution >= 4 is 5.91 Å². The van der Waals surface area contributed by atoms with Gasteiger partial charge in [0.25, 0.3) is 0 Å². The van der Waals surface area contributed by atoms with E-state index in [0.717, 1.165) is 24.4 Å². The van der Waals surface area contributed by atoms with Crippen LogP contribution in [0.25, 0.3) is 0 Å². The zero-order valence-electron chi connectivity index (χ0n) is 14.5. The van der Waals surface area contributed by atoms with Crippen molar-refractivity contribution in [1.82, 2.24) is 14.5 Å². The number of carbonyl (C=O) groups is 1. The molecule has 1 aliphatic rings. The Morgan fingerprint density at radius 2 is 2.12 bits per heavy atom. The third kappa shape index (κ3) is 4.07. The van der Waals surface area contributed by atoms with Gasteiger partial charge in [0, 0.05) is 37.4 Å². The molecule has 0 radical (unpaired) electrons. The van der Waals surface area contributed by atoms with Crippen LogP contribution in [0.15, 0.2) is 30.5 Å². The van der Waals surface area contributed by atoms with Crippen molar-refractivity contribution in [3.8, 4) is 0 Å². The number of piperidine rings is 1. The van der Waals surface area contributed by atoms with E-state index in [0.29, 0.717) is 31.1 Å². The number of aromatic nitrogens is 2. The molecule has 0 aliphatic carbocycles. The summed E-state index contributed by atoms with van der Waals surface area (Å²) >= 11 is 0. The summed E-state index contributed by atoms with van der Waals surface area (Å²) in [6.45, 7) is 4.01. The van der Waals surface area contributed by atoms with Gasteiger partial charge in [-0.3, -0.25) is 4.79 Å². The maximum Gasteiger partial charge on any atom is 0.226 e. The summed E-state index contributed by atoms with van der Waals surface area (Å²) in [5, 5.41) is 9.23. The van der Waals surface area contributed by atoms with Gasteiger partial charge in [-0.1, -0.05) is 12.1 Å². The van der Waals surface area contributed by atoms with E-state index in [-0.39, 0.29) is 24.8 Å². The van der Waals surface area contributed by atoms with E-state index in [1.165, 1.54) is 12.1 Å². The molecule has 1 aromatic carbocycles. The molecule has 0 spiro atoms. The lowest BCUT2D eigenvalue weighted by Gasteiger charge is -2.32. The molecule has 25 heavy (non-hydrogen) atoms. The minimum Gasteiger partial charge on any atom is -0.395 e. The van der Waals surface area contributed by atoms with Crippen LogP contribution < -0.4 is 0 Å². The standard InChI is InChI=1S/C19H24FN3O2/c1-14-13-21-19(23(14)9-10-24)16-5-7-22(8-6-16)18(25)12-15-3-2-4-17(20)11-15/h2-4,11,13,16,24H,5-10,12H2,1H3. The molecule has 1 aromatic heterocycles.